The van der Waals surface area contributed by atoms with E-state index >= 15 is 0 Å². The van der Waals surface area contributed by atoms with Crippen molar-refractivity contribution in [1.29, 1.82) is 0 Å². The summed E-state index contributed by atoms with van der Waals surface area (Å²) in [5.74, 6) is -0.164. The van der Waals surface area contributed by atoms with E-state index in [1.54, 1.807) is 6.08 Å². The number of nitrogens with one attached hydrogen (secondary N) is 1. The zero-order valence-electron chi connectivity index (χ0n) is 22.7. The van der Waals surface area contributed by atoms with Crippen LogP contribution in [0.15, 0.2) is 103 Å². The molecule has 0 aliphatic heterocycles. The number of hydrogen-bond acceptors (Lipinski definition) is 3. The van der Waals surface area contributed by atoms with Gasteiger partial charge in [0.2, 0.25) is 5.91 Å². The fourth-order valence-electron chi connectivity index (χ4n) is 4.23. The molecule has 0 bridgehead atoms. The van der Waals surface area contributed by atoms with Crippen molar-refractivity contribution >= 4 is 43.3 Å². The maximum atomic E-state index is 13.0. The molecule has 0 atom stereocenters. The maximum absolute atomic E-state index is 13.0. The van der Waals surface area contributed by atoms with Crippen molar-refractivity contribution in [3.05, 3.63) is 114 Å². The van der Waals surface area contributed by atoms with Gasteiger partial charge in [-0.3, -0.25) is 19.4 Å². The number of rotatable bonds is 9. The van der Waals surface area contributed by atoms with E-state index in [4.69, 9.17) is 4.55 Å². The first-order valence-corrected chi connectivity index (χ1v) is 14.5. The van der Waals surface area contributed by atoms with Crippen molar-refractivity contribution in [3.8, 4) is 0 Å². The van der Waals surface area contributed by atoms with Crippen LogP contribution in [0.5, 0.6) is 0 Å². The van der Waals surface area contributed by atoms with Crippen molar-refractivity contribution < 1.29 is 17.8 Å². The van der Waals surface area contributed by atoms with Gasteiger partial charge in [-0.1, -0.05) is 110 Å². The predicted octanol–water partition coefficient (Wildman–Crippen LogP) is 7.32. The molecule has 0 spiro atoms. The molecule has 6 nitrogen and oxygen atoms in total. The maximum Gasteiger partial charge on any atom is 0.264 e. The molecule has 0 saturated heterocycles. The molecule has 1 aromatic heterocycles. The highest BCUT2D eigenvalue weighted by atomic mass is 32.2. The molecule has 7 heteroatoms. The van der Waals surface area contributed by atoms with Crippen molar-refractivity contribution in [1.82, 2.24) is 4.68 Å². The first kappa shape index (κ1) is 29.6. The van der Waals surface area contributed by atoms with E-state index in [2.05, 4.69) is 56.2 Å². The Labute approximate surface area is 231 Å². The van der Waals surface area contributed by atoms with Crippen LogP contribution in [0, 0.1) is 0 Å². The first-order valence-electron chi connectivity index (χ1n) is 12.9. The standard InChI is InChI=1S/C28H26N2O.C4H10O3S/c1-4-5-14-24(20(2)3)26-19-23-17-16-22-13-9-10-15-25(22)28(23)30(26)29-27(31)18-21-11-7-6-8-12-21;1-2-3-4-8(5,6)7/h4-17,19H,1,18H2,2-3H3,(H,29,31);2-4H2,1H3,(H,5,6,7). The molecule has 1 heterocycles. The first-order chi connectivity index (χ1) is 18.6. The van der Waals surface area contributed by atoms with E-state index in [-0.39, 0.29) is 11.7 Å². The quantitative estimate of drug-likeness (QED) is 0.171. The number of fused-ring (bicyclic) bond motifs is 3. The Hall–Kier alpha value is -3.94. The lowest BCUT2D eigenvalue weighted by atomic mass is 10.1. The summed E-state index contributed by atoms with van der Waals surface area (Å²) in [6.07, 6.45) is 7.38. The molecule has 204 valence electrons. The number of amides is 1. The summed E-state index contributed by atoms with van der Waals surface area (Å²) in [6, 6.07) is 24.4. The Morgan fingerprint density at radius 2 is 1.67 bits per heavy atom. The lowest BCUT2D eigenvalue weighted by molar-refractivity contribution is -0.116. The van der Waals surface area contributed by atoms with Crippen LogP contribution in [0.25, 0.3) is 27.2 Å². The monoisotopic (exact) mass is 544 g/mol. The lowest BCUT2D eigenvalue weighted by Gasteiger charge is -2.15. The van der Waals surface area contributed by atoms with Gasteiger partial charge in [0.25, 0.3) is 10.1 Å². The average molecular weight is 545 g/mol. The number of unbranched alkanes of at least 4 members (excludes halogenated alkanes) is 1. The Morgan fingerprint density at radius 1 is 1.00 bits per heavy atom. The molecule has 2 N–H and O–H groups in total. The van der Waals surface area contributed by atoms with Crippen LogP contribution in [0.2, 0.25) is 0 Å². The minimum atomic E-state index is -3.69. The predicted molar refractivity (Wildman–Crippen MR) is 163 cm³/mol. The Bertz CT molecular complexity index is 1610. The van der Waals surface area contributed by atoms with Gasteiger partial charge in [0.05, 0.1) is 23.4 Å². The van der Waals surface area contributed by atoms with Gasteiger partial charge in [0.15, 0.2) is 0 Å². The topological polar surface area (TPSA) is 88.4 Å². The van der Waals surface area contributed by atoms with Crippen LogP contribution >= 0.6 is 0 Å². The van der Waals surface area contributed by atoms with Crippen molar-refractivity contribution in [2.24, 2.45) is 0 Å². The molecule has 4 rings (SSSR count). The van der Waals surface area contributed by atoms with Gasteiger partial charge in [0.1, 0.15) is 0 Å². The molecule has 0 aliphatic rings. The molecule has 39 heavy (non-hydrogen) atoms. The third kappa shape index (κ3) is 8.27. The van der Waals surface area contributed by atoms with Gasteiger partial charge in [-0.25, -0.2) is 0 Å². The Kier molecular flexibility index (Phi) is 10.4. The number of nitrogens with zero attached hydrogens (tertiary/aromatic N) is 1. The highest BCUT2D eigenvalue weighted by molar-refractivity contribution is 7.85. The van der Waals surface area contributed by atoms with Crippen molar-refractivity contribution in [3.63, 3.8) is 0 Å². The van der Waals surface area contributed by atoms with Gasteiger partial charge < -0.3 is 0 Å². The third-order valence-electron chi connectivity index (χ3n) is 6.10. The highest BCUT2D eigenvalue weighted by Gasteiger charge is 2.17. The van der Waals surface area contributed by atoms with Gasteiger partial charge >= 0.3 is 0 Å². The summed E-state index contributed by atoms with van der Waals surface area (Å²) in [4.78, 5) is 13.0. The number of carbonyl (C=O) groups is 1. The Balaban J connectivity index is 0.000000459. The number of hydrogen-bond donors (Lipinski definition) is 2. The van der Waals surface area contributed by atoms with E-state index in [1.165, 1.54) is 0 Å². The van der Waals surface area contributed by atoms with Gasteiger partial charge in [0, 0.05) is 10.8 Å². The summed E-state index contributed by atoms with van der Waals surface area (Å²) in [6.45, 7) is 9.82. The van der Waals surface area contributed by atoms with Crippen LogP contribution < -0.4 is 5.43 Å². The van der Waals surface area contributed by atoms with Crippen molar-refractivity contribution in [2.75, 3.05) is 11.2 Å². The summed E-state index contributed by atoms with van der Waals surface area (Å²) in [5, 5.41) is 3.32. The smallest absolute Gasteiger partial charge is 0.264 e. The van der Waals surface area contributed by atoms with E-state index in [1.807, 2.05) is 66.2 Å². The largest absolute Gasteiger partial charge is 0.286 e. The summed E-state index contributed by atoms with van der Waals surface area (Å²) < 4.78 is 30.0. The number of benzene rings is 3. The average Bonchev–Trinajstić information content (AvgIpc) is 3.26. The van der Waals surface area contributed by atoms with Crippen LogP contribution in [0.4, 0.5) is 0 Å². The van der Waals surface area contributed by atoms with Crippen LogP contribution in [0.3, 0.4) is 0 Å². The van der Waals surface area contributed by atoms with Crippen LogP contribution in [-0.2, 0) is 21.3 Å². The van der Waals surface area contributed by atoms with E-state index in [0.29, 0.717) is 12.8 Å². The van der Waals surface area contributed by atoms with Gasteiger partial charge in [-0.05, 0) is 42.9 Å². The molecule has 0 unspecified atom stereocenters. The number of allylic oxidation sites excluding steroid dienone is 5. The van der Waals surface area contributed by atoms with Crippen LogP contribution in [-0.4, -0.2) is 29.3 Å². The molecule has 0 fully saturated rings. The second kappa shape index (κ2) is 13.7. The second-order valence-corrected chi connectivity index (χ2v) is 11.0. The molecule has 3 aromatic carbocycles. The molecule has 1 amide bonds. The van der Waals surface area contributed by atoms with Gasteiger partial charge in [-0.15, -0.1) is 0 Å². The van der Waals surface area contributed by atoms with Crippen LogP contribution in [0.1, 0.15) is 44.9 Å². The SMILES string of the molecule is C=CC=CC(=C(C)C)c1cc2ccc3ccccc3c2n1NC(=O)Cc1ccccc1.CCCCS(=O)(=O)O. The van der Waals surface area contributed by atoms with E-state index in [9.17, 15) is 13.2 Å². The molecule has 0 radical (unpaired) electrons. The third-order valence-corrected chi connectivity index (χ3v) is 6.91. The highest BCUT2D eigenvalue weighted by Crippen LogP contribution is 2.32. The minimum absolute atomic E-state index is 0.0568. The van der Waals surface area contributed by atoms with Gasteiger partial charge in [-0.2, -0.15) is 8.42 Å². The summed E-state index contributed by atoms with van der Waals surface area (Å²) in [7, 11) is -3.69. The fraction of sp³-hybridized carbons (Fsp3) is 0.219. The summed E-state index contributed by atoms with van der Waals surface area (Å²) in [5.41, 5.74) is 8.32. The molecular formula is C32H36N2O4S. The zero-order valence-corrected chi connectivity index (χ0v) is 23.5. The number of carbonyl (C=O) groups excluding carboxylic acids is 1. The number of aromatic nitrogens is 1. The van der Waals surface area contributed by atoms with E-state index < -0.39 is 10.1 Å². The zero-order chi connectivity index (χ0) is 28.4. The minimum Gasteiger partial charge on any atom is -0.286 e. The second-order valence-electron chi connectivity index (χ2n) is 9.43. The molecule has 0 aliphatic carbocycles. The molecule has 4 aromatic rings. The van der Waals surface area contributed by atoms with Crippen molar-refractivity contribution in [2.45, 2.75) is 40.0 Å². The van der Waals surface area contributed by atoms with E-state index in [0.717, 1.165) is 50.5 Å². The molecule has 0 saturated carbocycles. The lowest BCUT2D eigenvalue weighted by Crippen LogP contribution is -2.25. The Morgan fingerprint density at radius 3 is 2.28 bits per heavy atom. The fourth-order valence-corrected chi connectivity index (χ4v) is 4.88. The summed E-state index contributed by atoms with van der Waals surface area (Å²) >= 11 is 0. The molecular weight excluding hydrogens is 508 g/mol. The normalized spacial score (nSPS) is 11.3.